The Bertz CT molecular complexity index is 286. The van der Waals surface area contributed by atoms with Crippen LogP contribution >= 0.6 is 11.8 Å². The Labute approximate surface area is 104 Å². The number of rotatable bonds is 6. The zero-order valence-corrected chi connectivity index (χ0v) is 11.6. The summed E-state index contributed by atoms with van der Waals surface area (Å²) in [5.74, 6) is 1.75. The van der Waals surface area contributed by atoms with Gasteiger partial charge in [-0.05, 0) is 29.8 Å². The van der Waals surface area contributed by atoms with Crippen LogP contribution in [0.3, 0.4) is 0 Å². The van der Waals surface area contributed by atoms with Crippen LogP contribution in [0.5, 0.6) is 0 Å². The molecule has 1 N–H and O–H groups in total. The summed E-state index contributed by atoms with van der Waals surface area (Å²) in [6.45, 7) is 7.66. The summed E-state index contributed by atoms with van der Waals surface area (Å²) in [5, 5.41) is 3.53. The average Bonchev–Trinajstić information content (AvgIpc) is 2.29. The molecule has 0 aromatic heterocycles. The van der Waals surface area contributed by atoms with Gasteiger partial charge in [-0.1, -0.05) is 45.0 Å². The molecule has 0 spiro atoms. The first-order chi connectivity index (χ1) is 7.69. The molecule has 0 amide bonds. The van der Waals surface area contributed by atoms with E-state index in [1.54, 1.807) is 0 Å². The van der Waals surface area contributed by atoms with Gasteiger partial charge in [0, 0.05) is 11.8 Å². The van der Waals surface area contributed by atoms with E-state index < -0.39 is 0 Å². The van der Waals surface area contributed by atoms with Crippen molar-refractivity contribution in [2.45, 2.75) is 32.7 Å². The zero-order valence-electron chi connectivity index (χ0n) is 10.8. The van der Waals surface area contributed by atoms with Gasteiger partial charge in [0.2, 0.25) is 0 Å². The highest BCUT2D eigenvalue weighted by Crippen LogP contribution is 2.20. The van der Waals surface area contributed by atoms with Crippen molar-refractivity contribution in [2.24, 2.45) is 0 Å². The molecule has 16 heavy (non-hydrogen) atoms. The highest BCUT2D eigenvalue weighted by molar-refractivity contribution is 7.98. The minimum atomic E-state index is 0.487. The van der Waals surface area contributed by atoms with E-state index in [-0.39, 0.29) is 0 Å². The minimum Gasteiger partial charge on any atom is -0.310 e. The van der Waals surface area contributed by atoms with Crippen molar-refractivity contribution in [1.29, 1.82) is 0 Å². The fourth-order valence-electron chi connectivity index (χ4n) is 1.80. The van der Waals surface area contributed by atoms with Crippen molar-refractivity contribution in [3.8, 4) is 0 Å². The van der Waals surface area contributed by atoms with Crippen LogP contribution in [0.1, 0.15) is 43.9 Å². The molecule has 1 rings (SSSR count). The molecule has 1 nitrogen and oxygen atoms in total. The highest BCUT2D eigenvalue weighted by Gasteiger charge is 2.09. The SMILES string of the molecule is CCNC(CSC)c1ccc(C(C)C)cc1. The van der Waals surface area contributed by atoms with Crippen LogP contribution in [-0.4, -0.2) is 18.6 Å². The fraction of sp³-hybridized carbons (Fsp3) is 0.571. The first-order valence-electron chi connectivity index (χ1n) is 6.01. The largest absolute Gasteiger partial charge is 0.310 e. The Morgan fingerprint density at radius 2 is 1.69 bits per heavy atom. The van der Waals surface area contributed by atoms with Crippen molar-refractivity contribution in [1.82, 2.24) is 5.32 Å². The van der Waals surface area contributed by atoms with Crippen molar-refractivity contribution in [3.05, 3.63) is 35.4 Å². The second kappa shape index (κ2) is 6.97. The Balaban J connectivity index is 2.76. The van der Waals surface area contributed by atoms with Gasteiger partial charge < -0.3 is 5.32 Å². The summed E-state index contributed by atoms with van der Waals surface area (Å²) in [5.41, 5.74) is 2.82. The van der Waals surface area contributed by atoms with Crippen molar-refractivity contribution in [2.75, 3.05) is 18.6 Å². The van der Waals surface area contributed by atoms with Crippen LogP contribution in [0.15, 0.2) is 24.3 Å². The summed E-state index contributed by atoms with van der Waals surface area (Å²) in [7, 11) is 0. The van der Waals surface area contributed by atoms with Gasteiger partial charge in [0.25, 0.3) is 0 Å². The molecule has 1 aromatic rings. The topological polar surface area (TPSA) is 12.0 Å². The van der Waals surface area contributed by atoms with E-state index in [1.165, 1.54) is 11.1 Å². The molecular weight excluding hydrogens is 214 g/mol. The molecule has 0 radical (unpaired) electrons. The Hall–Kier alpha value is -0.470. The standard InChI is InChI=1S/C14H23NS/c1-5-15-14(10-16-4)13-8-6-12(7-9-13)11(2)3/h6-9,11,14-15H,5,10H2,1-4H3. The van der Waals surface area contributed by atoms with Gasteiger partial charge in [-0.3, -0.25) is 0 Å². The lowest BCUT2D eigenvalue weighted by molar-refractivity contribution is 0.606. The Kier molecular flexibility index (Phi) is 5.93. The molecule has 1 atom stereocenters. The van der Waals surface area contributed by atoms with Crippen molar-refractivity contribution >= 4 is 11.8 Å². The Morgan fingerprint density at radius 3 is 2.12 bits per heavy atom. The zero-order chi connectivity index (χ0) is 12.0. The van der Waals surface area contributed by atoms with Gasteiger partial charge in [-0.2, -0.15) is 11.8 Å². The second-order valence-corrected chi connectivity index (χ2v) is 5.30. The monoisotopic (exact) mass is 237 g/mol. The normalized spacial score (nSPS) is 13.1. The molecular formula is C14H23NS. The van der Waals surface area contributed by atoms with E-state index in [2.05, 4.69) is 56.6 Å². The fourth-order valence-corrected chi connectivity index (χ4v) is 2.44. The Morgan fingerprint density at radius 1 is 1.12 bits per heavy atom. The number of hydrogen-bond donors (Lipinski definition) is 1. The van der Waals surface area contributed by atoms with Crippen LogP contribution in [0.25, 0.3) is 0 Å². The molecule has 0 bridgehead atoms. The number of hydrogen-bond acceptors (Lipinski definition) is 2. The third kappa shape index (κ3) is 3.84. The van der Waals surface area contributed by atoms with Gasteiger partial charge in [-0.25, -0.2) is 0 Å². The van der Waals surface area contributed by atoms with Gasteiger partial charge in [0.15, 0.2) is 0 Å². The van der Waals surface area contributed by atoms with E-state index in [4.69, 9.17) is 0 Å². The van der Waals surface area contributed by atoms with Crippen molar-refractivity contribution in [3.63, 3.8) is 0 Å². The third-order valence-electron chi connectivity index (χ3n) is 2.79. The quantitative estimate of drug-likeness (QED) is 0.807. The van der Waals surface area contributed by atoms with Crippen LogP contribution in [-0.2, 0) is 0 Å². The summed E-state index contributed by atoms with van der Waals surface area (Å²) < 4.78 is 0. The van der Waals surface area contributed by atoms with Crippen molar-refractivity contribution < 1.29 is 0 Å². The predicted octanol–water partition coefficient (Wildman–Crippen LogP) is 3.82. The first-order valence-corrected chi connectivity index (χ1v) is 7.40. The van der Waals surface area contributed by atoms with Crippen LogP contribution in [0.2, 0.25) is 0 Å². The van der Waals surface area contributed by atoms with Crippen LogP contribution in [0, 0.1) is 0 Å². The summed E-state index contributed by atoms with van der Waals surface area (Å²) in [6.07, 6.45) is 2.16. The van der Waals surface area contributed by atoms with Gasteiger partial charge in [0.05, 0.1) is 0 Å². The molecule has 0 aliphatic carbocycles. The van der Waals surface area contributed by atoms with E-state index in [0.29, 0.717) is 12.0 Å². The number of benzene rings is 1. The lowest BCUT2D eigenvalue weighted by Gasteiger charge is -2.18. The molecule has 0 saturated carbocycles. The lowest BCUT2D eigenvalue weighted by atomic mass is 9.99. The third-order valence-corrected chi connectivity index (χ3v) is 3.46. The lowest BCUT2D eigenvalue weighted by Crippen LogP contribution is -2.22. The van der Waals surface area contributed by atoms with E-state index in [9.17, 15) is 0 Å². The van der Waals surface area contributed by atoms with E-state index in [0.717, 1.165) is 12.3 Å². The summed E-state index contributed by atoms with van der Waals surface area (Å²) in [6, 6.07) is 9.52. The maximum Gasteiger partial charge on any atom is 0.0411 e. The van der Waals surface area contributed by atoms with Gasteiger partial charge in [0.1, 0.15) is 0 Å². The second-order valence-electron chi connectivity index (χ2n) is 4.39. The molecule has 2 heteroatoms. The highest BCUT2D eigenvalue weighted by atomic mass is 32.2. The molecule has 0 heterocycles. The molecule has 0 fully saturated rings. The summed E-state index contributed by atoms with van der Waals surface area (Å²) >= 11 is 1.89. The molecule has 0 saturated heterocycles. The van der Waals surface area contributed by atoms with Crippen LogP contribution < -0.4 is 5.32 Å². The predicted molar refractivity (Wildman–Crippen MR) is 75.3 cm³/mol. The number of nitrogens with one attached hydrogen (secondary N) is 1. The maximum absolute atomic E-state index is 3.53. The minimum absolute atomic E-state index is 0.487. The van der Waals surface area contributed by atoms with Gasteiger partial charge >= 0.3 is 0 Å². The van der Waals surface area contributed by atoms with E-state index in [1.807, 2.05) is 11.8 Å². The van der Waals surface area contributed by atoms with Gasteiger partial charge in [-0.15, -0.1) is 0 Å². The molecule has 1 aromatic carbocycles. The first kappa shape index (κ1) is 13.6. The average molecular weight is 237 g/mol. The number of thioether (sulfide) groups is 1. The molecule has 0 aliphatic rings. The molecule has 1 unspecified atom stereocenters. The smallest absolute Gasteiger partial charge is 0.0411 e. The summed E-state index contributed by atoms with van der Waals surface area (Å²) in [4.78, 5) is 0. The molecule has 90 valence electrons. The maximum atomic E-state index is 3.53. The van der Waals surface area contributed by atoms with Crippen LogP contribution in [0.4, 0.5) is 0 Å². The molecule has 0 aliphatic heterocycles. The van der Waals surface area contributed by atoms with E-state index >= 15 is 0 Å².